The molecule has 2 aromatic rings. The zero-order chi connectivity index (χ0) is 16.0. The molecule has 2 aliphatic rings. The molecule has 1 saturated heterocycles. The Morgan fingerprint density at radius 3 is 2.57 bits per heavy atom. The van der Waals surface area contributed by atoms with E-state index in [1.54, 1.807) is 0 Å². The minimum absolute atomic E-state index is 0.185. The van der Waals surface area contributed by atoms with Crippen molar-refractivity contribution in [2.24, 2.45) is 0 Å². The summed E-state index contributed by atoms with van der Waals surface area (Å²) < 4.78 is 10.9. The van der Waals surface area contributed by atoms with Gasteiger partial charge in [0, 0.05) is 35.9 Å². The number of aromatic nitrogens is 1. The second-order valence-corrected chi connectivity index (χ2v) is 6.37. The molecule has 6 nitrogen and oxygen atoms in total. The van der Waals surface area contributed by atoms with Crippen LogP contribution in [0.4, 0.5) is 5.69 Å². The number of fused-ring (bicyclic) bond motifs is 2. The normalized spacial score (nSPS) is 19.3. The topological polar surface area (TPSA) is 75.1 Å². The molecule has 0 unspecified atom stereocenters. The van der Waals surface area contributed by atoms with Gasteiger partial charge >= 0.3 is 0 Å². The first-order valence-electron chi connectivity index (χ1n) is 7.87. The Labute approximate surface area is 134 Å². The van der Waals surface area contributed by atoms with Crippen LogP contribution in [0.3, 0.4) is 0 Å². The fourth-order valence-electron chi connectivity index (χ4n) is 3.31. The average Bonchev–Trinajstić information content (AvgIpc) is 3.00. The van der Waals surface area contributed by atoms with Gasteiger partial charge in [-0.05, 0) is 31.9 Å². The maximum Gasteiger partial charge on any atom is 0.231 e. The van der Waals surface area contributed by atoms with Crippen molar-refractivity contribution in [3.05, 3.63) is 23.9 Å². The summed E-state index contributed by atoms with van der Waals surface area (Å²) in [5.41, 5.74) is 1.96. The lowest BCUT2D eigenvalue weighted by atomic mass is 9.92. The first-order valence-corrected chi connectivity index (χ1v) is 7.87. The number of rotatable bonds is 2. The molecule has 23 heavy (non-hydrogen) atoms. The summed E-state index contributed by atoms with van der Waals surface area (Å²) >= 11 is 0. The van der Waals surface area contributed by atoms with Crippen molar-refractivity contribution in [1.82, 2.24) is 4.98 Å². The number of hydrogen-bond acceptors (Lipinski definition) is 6. The highest BCUT2D eigenvalue weighted by Crippen LogP contribution is 2.40. The van der Waals surface area contributed by atoms with Crippen molar-refractivity contribution >= 4 is 16.6 Å². The second kappa shape index (κ2) is 5.25. The molecule has 1 aromatic carbocycles. The monoisotopic (exact) mass is 316 g/mol. The van der Waals surface area contributed by atoms with Crippen LogP contribution in [0.5, 0.6) is 11.5 Å². The van der Waals surface area contributed by atoms with Crippen molar-refractivity contribution in [3.8, 4) is 11.5 Å². The lowest BCUT2D eigenvalue weighted by Crippen LogP contribution is -2.46. The summed E-state index contributed by atoms with van der Waals surface area (Å²) in [6.07, 6.45) is 1.10. The van der Waals surface area contributed by atoms with Gasteiger partial charge in [-0.2, -0.15) is 0 Å². The van der Waals surface area contributed by atoms with E-state index in [-0.39, 0.29) is 13.4 Å². The third kappa shape index (κ3) is 2.48. The number of aryl methyl sites for hydroxylation is 1. The van der Waals surface area contributed by atoms with Crippen LogP contribution in [0.2, 0.25) is 0 Å². The Bertz CT molecular complexity index is 754. The molecule has 0 saturated carbocycles. The number of anilines is 1. The molecular formula is C17H20N2O4. The molecule has 0 radical (unpaired) electrons. The molecule has 122 valence electrons. The van der Waals surface area contributed by atoms with E-state index in [4.69, 9.17) is 9.47 Å². The predicted octanol–water partition coefficient (Wildman–Crippen LogP) is 1.60. The standard InChI is InChI=1S/C17H20N2O4/c1-11-6-14(19-4-2-17(21,9-20)3-5-19)12-7-15-16(23-10-22-15)8-13(12)18-11/h6-8,20-21H,2-5,9-10H2,1H3. The minimum atomic E-state index is -0.952. The van der Waals surface area contributed by atoms with Crippen LogP contribution < -0.4 is 14.4 Å². The van der Waals surface area contributed by atoms with Gasteiger partial charge in [0.05, 0.1) is 17.7 Å². The molecule has 0 bridgehead atoms. The summed E-state index contributed by atoms with van der Waals surface area (Å²) in [7, 11) is 0. The molecule has 4 rings (SSSR count). The van der Waals surface area contributed by atoms with Crippen LogP contribution in [0.1, 0.15) is 18.5 Å². The van der Waals surface area contributed by atoms with Crippen molar-refractivity contribution in [2.45, 2.75) is 25.4 Å². The van der Waals surface area contributed by atoms with Crippen LogP contribution >= 0.6 is 0 Å². The summed E-state index contributed by atoms with van der Waals surface area (Å²) in [6.45, 7) is 3.43. The van der Waals surface area contributed by atoms with Gasteiger partial charge in [-0.25, -0.2) is 0 Å². The molecular weight excluding hydrogens is 296 g/mol. The van der Waals surface area contributed by atoms with Crippen molar-refractivity contribution in [3.63, 3.8) is 0 Å². The van der Waals surface area contributed by atoms with Gasteiger partial charge < -0.3 is 24.6 Å². The van der Waals surface area contributed by atoms with Gasteiger partial charge in [0.15, 0.2) is 11.5 Å². The number of ether oxygens (including phenoxy) is 2. The van der Waals surface area contributed by atoms with E-state index in [1.165, 1.54) is 0 Å². The number of hydrogen-bond donors (Lipinski definition) is 2. The van der Waals surface area contributed by atoms with Crippen LogP contribution in [-0.4, -0.2) is 47.3 Å². The highest BCUT2D eigenvalue weighted by Gasteiger charge is 2.32. The molecule has 2 N–H and O–H groups in total. The van der Waals surface area contributed by atoms with Crippen LogP contribution in [0.15, 0.2) is 18.2 Å². The SMILES string of the molecule is Cc1cc(N2CCC(O)(CO)CC2)c2cc3c(cc2n1)OCO3. The van der Waals surface area contributed by atoms with Crippen LogP contribution in [0, 0.1) is 6.92 Å². The smallest absolute Gasteiger partial charge is 0.231 e. The zero-order valence-electron chi connectivity index (χ0n) is 13.1. The Hall–Kier alpha value is -2.05. The van der Waals surface area contributed by atoms with E-state index in [2.05, 4.69) is 16.0 Å². The van der Waals surface area contributed by atoms with Gasteiger partial charge in [-0.15, -0.1) is 0 Å². The summed E-state index contributed by atoms with van der Waals surface area (Å²) in [5, 5.41) is 20.6. The van der Waals surface area contributed by atoms with E-state index in [0.29, 0.717) is 25.9 Å². The first kappa shape index (κ1) is 14.5. The fraction of sp³-hybridized carbons (Fsp3) is 0.471. The third-order valence-electron chi connectivity index (χ3n) is 4.74. The van der Waals surface area contributed by atoms with Gasteiger partial charge in [-0.1, -0.05) is 0 Å². The largest absolute Gasteiger partial charge is 0.454 e. The highest BCUT2D eigenvalue weighted by molar-refractivity contribution is 5.94. The van der Waals surface area contributed by atoms with E-state index < -0.39 is 5.60 Å². The number of aliphatic hydroxyl groups is 2. The van der Waals surface area contributed by atoms with E-state index in [1.807, 2.05) is 19.1 Å². The summed E-state index contributed by atoms with van der Waals surface area (Å²) in [4.78, 5) is 6.84. The number of pyridine rings is 1. The Kier molecular flexibility index (Phi) is 3.32. The Balaban J connectivity index is 1.75. The number of nitrogens with zero attached hydrogens (tertiary/aromatic N) is 2. The van der Waals surface area contributed by atoms with E-state index >= 15 is 0 Å². The van der Waals surface area contributed by atoms with Crippen LogP contribution in [-0.2, 0) is 0 Å². The first-order chi connectivity index (χ1) is 11.1. The summed E-state index contributed by atoms with van der Waals surface area (Å²) in [5.74, 6) is 1.48. The molecule has 0 amide bonds. The molecule has 2 aliphatic heterocycles. The molecule has 3 heterocycles. The third-order valence-corrected chi connectivity index (χ3v) is 4.74. The predicted molar refractivity (Wildman–Crippen MR) is 86.1 cm³/mol. The lowest BCUT2D eigenvalue weighted by molar-refractivity contribution is -0.0325. The maximum atomic E-state index is 10.2. The average molecular weight is 316 g/mol. The summed E-state index contributed by atoms with van der Waals surface area (Å²) in [6, 6.07) is 5.96. The van der Waals surface area contributed by atoms with Gasteiger partial charge in [0.2, 0.25) is 6.79 Å². The Morgan fingerprint density at radius 1 is 1.17 bits per heavy atom. The Morgan fingerprint density at radius 2 is 1.87 bits per heavy atom. The molecule has 0 spiro atoms. The van der Waals surface area contributed by atoms with Crippen molar-refractivity contribution in [2.75, 3.05) is 31.4 Å². The highest BCUT2D eigenvalue weighted by atomic mass is 16.7. The number of aliphatic hydroxyl groups excluding tert-OH is 1. The molecule has 0 atom stereocenters. The van der Waals surface area contributed by atoms with Gasteiger partial charge in [0.1, 0.15) is 0 Å². The van der Waals surface area contributed by atoms with Crippen LogP contribution in [0.25, 0.3) is 10.9 Å². The van der Waals surface area contributed by atoms with E-state index in [0.717, 1.165) is 33.8 Å². The molecule has 0 aliphatic carbocycles. The quantitative estimate of drug-likeness (QED) is 0.876. The van der Waals surface area contributed by atoms with E-state index in [9.17, 15) is 10.2 Å². The van der Waals surface area contributed by atoms with Gasteiger partial charge in [0.25, 0.3) is 0 Å². The van der Waals surface area contributed by atoms with Crippen molar-refractivity contribution < 1.29 is 19.7 Å². The fourth-order valence-corrected chi connectivity index (χ4v) is 3.31. The molecule has 6 heteroatoms. The van der Waals surface area contributed by atoms with Gasteiger partial charge in [-0.3, -0.25) is 4.98 Å². The zero-order valence-corrected chi connectivity index (χ0v) is 13.1. The lowest BCUT2D eigenvalue weighted by Gasteiger charge is -2.38. The second-order valence-electron chi connectivity index (χ2n) is 6.37. The molecule has 1 fully saturated rings. The minimum Gasteiger partial charge on any atom is -0.454 e. The number of benzene rings is 1. The van der Waals surface area contributed by atoms with Crippen molar-refractivity contribution in [1.29, 1.82) is 0 Å². The molecule has 1 aromatic heterocycles. The number of piperidine rings is 1. The maximum absolute atomic E-state index is 10.2.